The van der Waals surface area contributed by atoms with Crippen molar-refractivity contribution in [3.63, 3.8) is 0 Å². The molecule has 0 amide bonds. The molecule has 0 aliphatic rings. The number of aliphatic hydroxyl groups is 3. The van der Waals surface area contributed by atoms with Gasteiger partial charge in [-0.05, 0) is 107 Å². The zero-order valence-electron chi connectivity index (χ0n) is 33.4. The van der Waals surface area contributed by atoms with E-state index >= 15 is 0 Å². The van der Waals surface area contributed by atoms with E-state index in [-0.39, 0.29) is 36.2 Å². The van der Waals surface area contributed by atoms with E-state index in [0.29, 0.717) is 18.4 Å². The molecule has 302 valence electrons. The van der Waals surface area contributed by atoms with E-state index < -0.39 is 43.1 Å². The number of ketones is 3. The predicted molar refractivity (Wildman–Crippen MR) is 234 cm³/mol. The van der Waals surface area contributed by atoms with Gasteiger partial charge in [0.2, 0.25) is 0 Å². The van der Waals surface area contributed by atoms with E-state index in [4.69, 9.17) is 37.9 Å². The molecule has 8 nitrogen and oxygen atoms in total. The molecule has 0 spiro atoms. The highest BCUT2D eigenvalue weighted by molar-refractivity contribution is 7.87. The van der Waals surface area contributed by atoms with Gasteiger partial charge in [-0.15, -0.1) is 12.6 Å². The van der Waals surface area contributed by atoms with Crippen LogP contribution in [0.3, 0.4) is 0 Å². The van der Waals surface area contributed by atoms with Crippen molar-refractivity contribution >= 4 is 67.9 Å². The first kappa shape index (κ1) is 48.4. The Morgan fingerprint density at radius 1 is 0.815 bits per heavy atom. The van der Waals surface area contributed by atoms with Gasteiger partial charge >= 0.3 is 0 Å². The summed E-state index contributed by atoms with van der Waals surface area (Å²) in [6, 6.07) is 16.2. The number of Topliss-reactive ketones (excluding diaryl/α,β-unsaturated/α-hetero) is 3. The van der Waals surface area contributed by atoms with Gasteiger partial charge in [-0.2, -0.15) is 37.9 Å². The van der Waals surface area contributed by atoms with Crippen LogP contribution in [0.5, 0.6) is 0 Å². The summed E-state index contributed by atoms with van der Waals surface area (Å²) in [7, 11) is 3.17. The Balaban J connectivity index is 2.27. The molecule has 0 aliphatic heterocycles. The fourth-order valence-electron chi connectivity index (χ4n) is 6.81. The average Bonchev–Trinajstić information content (AvgIpc) is 3.15. The topological polar surface area (TPSA) is 136 Å². The van der Waals surface area contributed by atoms with Crippen molar-refractivity contribution in [2.24, 2.45) is 17.8 Å². The Morgan fingerprint density at radius 3 is 1.65 bits per heavy atom. The van der Waals surface area contributed by atoms with Gasteiger partial charge in [0.1, 0.15) is 20.1 Å². The Bertz CT molecular complexity index is 1590. The number of nitrogens with one attached hydrogen (secondary N) is 2. The summed E-state index contributed by atoms with van der Waals surface area (Å²) in [5.74, 6) is -1.37. The normalized spacial score (nSPS) is 19.1. The number of carbonyl (C=O) groups excluding carboxylic acids is 3. The van der Waals surface area contributed by atoms with Crippen molar-refractivity contribution in [2.45, 2.75) is 118 Å². The smallest absolute Gasteiger partial charge is 0.168 e. The Labute approximate surface area is 345 Å². The molecule has 6 unspecified atom stereocenters. The lowest BCUT2D eigenvalue weighted by atomic mass is 9.74. The van der Waals surface area contributed by atoms with Gasteiger partial charge in [0.05, 0.1) is 12.9 Å². The van der Waals surface area contributed by atoms with Gasteiger partial charge in [0.25, 0.3) is 0 Å². The Morgan fingerprint density at radius 2 is 1.28 bits per heavy atom. The summed E-state index contributed by atoms with van der Waals surface area (Å²) in [6.45, 7) is 11.9. The number of hydrogen-bond donors (Lipinski definition) is 9. The molecule has 54 heavy (non-hydrogen) atoms. The standard InChI is InChI=1S/C42H64N2O6S4/c1-10-28(4)21-36(48)40(52,42(54,44-9)38(7,50)30(6)47)23-34-19-15-32(16-20-34)12-11-31-13-17-33(18-14-31)22-39(51,29(5)25-45)24-35(27(2)3)37(49)41(53,26-46)43-8/h13-20,25,27-28,35,43-46,50-54H,10-12,21-24,26H2,1-9H3/b29-25-/t28?,35?,38?,39?,40-,41?,42?/m0/s1. The van der Waals surface area contributed by atoms with Crippen molar-refractivity contribution in [3.8, 4) is 0 Å². The highest BCUT2D eigenvalue weighted by atomic mass is 32.1. The molecular formula is C42H64N2O6S4. The molecule has 12 heteroatoms. The quantitative estimate of drug-likeness (QED) is 0.0347. The molecule has 2 aromatic rings. The largest absolute Gasteiger partial charge is 0.516 e. The first-order chi connectivity index (χ1) is 25.0. The molecule has 2 rings (SSSR count). The van der Waals surface area contributed by atoms with E-state index in [0.717, 1.165) is 47.8 Å². The van der Waals surface area contributed by atoms with Crippen LogP contribution in [0.2, 0.25) is 0 Å². The first-order valence-corrected chi connectivity index (χ1v) is 20.5. The number of aliphatic hydroxyl groups excluding tert-OH is 2. The van der Waals surface area contributed by atoms with Crippen LogP contribution in [-0.2, 0) is 40.1 Å². The number of hydrogen-bond acceptors (Lipinski definition) is 12. The van der Waals surface area contributed by atoms with Crippen molar-refractivity contribution in [1.82, 2.24) is 10.6 Å². The summed E-state index contributed by atoms with van der Waals surface area (Å²) in [5.41, 5.74) is 2.73. The summed E-state index contributed by atoms with van der Waals surface area (Å²) < 4.78 is -2.34. The van der Waals surface area contributed by atoms with E-state index in [2.05, 4.69) is 47.5 Å². The molecule has 2 aromatic carbocycles. The van der Waals surface area contributed by atoms with Gasteiger partial charge in [0, 0.05) is 17.1 Å². The second kappa shape index (κ2) is 20.1. The number of thiol groups is 4. The summed E-state index contributed by atoms with van der Waals surface area (Å²) in [6.07, 6.45) is 4.61. The third-order valence-corrected chi connectivity index (χ3v) is 14.7. The van der Waals surface area contributed by atoms with Crippen LogP contribution in [0.15, 0.2) is 60.4 Å². The van der Waals surface area contributed by atoms with Gasteiger partial charge in [0.15, 0.2) is 17.3 Å². The van der Waals surface area contributed by atoms with E-state index in [1.54, 1.807) is 21.0 Å². The molecule has 0 radical (unpaired) electrons. The maximum absolute atomic E-state index is 13.9. The Kier molecular flexibility index (Phi) is 18.0. The summed E-state index contributed by atoms with van der Waals surface area (Å²) >= 11 is 19.3. The summed E-state index contributed by atoms with van der Waals surface area (Å²) in [5, 5.41) is 37.2. The molecule has 0 bridgehead atoms. The highest BCUT2D eigenvalue weighted by Crippen LogP contribution is 2.45. The number of rotatable bonds is 23. The molecule has 0 aliphatic carbocycles. The first-order valence-electron chi connectivity index (χ1n) is 18.7. The zero-order valence-corrected chi connectivity index (χ0v) is 37.0. The summed E-state index contributed by atoms with van der Waals surface area (Å²) in [4.78, 5) is 37.1. The minimum atomic E-state index is -1.99. The van der Waals surface area contributed by atoms with E-state index in [9.17, 15) is 29.7 Å². The third kappa shape index (κ3) is 11.0. The molecule has 5 N–H and O–H groups in total. The minimum absolute atomic E-state index is 0.0519. The molecular weight excluding hydrogens is 757 g/mol. The van der Waals surface area contributed by atoms with Crippen molar-refractivity contribution in [3.05, 3.63) is 82.6 Å². The zero-order chi connectivity index (χ0) is 41.3. The number of carbonyl (C=O) groups is 3. The molecule has 0 heterocycles. The molecule has 0 saturated carbocycles. The maximum atomic E-state index is 13.9. The van der Waals surface area contributed by atoms with Gasteiger partial charge in [-0.25, -0.2) is 0 Å². The molecule has 0 aromatic heterocycles. The number of aryl methyl sites for hydroxylation is 2. The lowest BCUT2D eigenvalue weighted by Gasteiger charge is -2.50. The fraction of sp³-hybridized carbons (Fsp3) is 0.595. The highest BCUT2D eigenvalue weighted by Gasteiger charge is 2.62. The predicted octanol–water partition coefficient (Wildman–Crippen LogP) is 6.62. The van der Waals surface area contributed by atoms with Gasteiger partial charge in [-0.1, -0.05) is 82.6 Å². The Hall–Kier alpha value is -1.77. The fourth-order valence-corrected chi connectivity index (χ4v) is 8.38. The van der Waals surface area contributed by atoms with Crippen molar-refractivity contribution in [1.29, 1.82) is 0 Å². The third-order valence-electron chi connectivity index (χ3n) is 11.4. The SMILES string of the molecule is CCC(C)CC(=O)[C@@](S)(Cc1ccc(CCc2ccc(CC(S)(CC(C(=O)C(S)(CO)NC)C(C)C)/C(C)=C\O)cc2)cc1)C(S)(NC)C(C)(O)C(C)=O. The molecule has 0 saturated heterocycles. The van der Waals surface area contributed by atoms with Crippen LogP contribution in [0.4, 0.5) is 0 Å². The lowest BCUT2D eigenvalue weighted by Crippen LogP contribution is -2.73. The number of benzene rings is 2. The second-order valence-electron chi connectivity index (χ2n) is 15.6. The van der Waals surface area contributed by atoms with Crippen LogP contribution in [0, 0.1) is 17.8 Å². The number of likely N-dealkylation sites (N-methyl/N-ethyl adjacent to an activating group) is 2. The van der Waals surface area contributed by atoms with Crippen molar-refractivity contribution in [2.75, 3.05) is 20.7 Å². The van der Waals surface area contributed by atoms with Crippen LogP contribution in [0.1, 0.15) is 90.0 Å². The second-order valence-corrected chi connectivity index (χ2v) is 18.7. The maximum Gasteiger partial charge on any atom is 0.168 e. The molecule has 0 fully saturated rings. The minimum Gasteiger partial charge on any atom is -0.516 e. The van der Waals surface area contributed by atoms with Crippen LogP contribution in [-0.4, -0.2) is 78.2 Å². The monoisotopic (exact) mass is 820 g/mol. The van der Waals surface area contributed by atoms with Crippen LogP contribution < -0.4 is 10.6 Å². The van der Waals surface area contributed by atoms with E-state index in [1.807, 2.05) is 52.0 Å². The van der Waals surface area contributed by atoms with Crippen molar-refractivity contribution < 1.29 is 29.7 Å². The van der Waals surface area contributed by atoms with Crippen LogP contribution in [0.25, 0.3) is 0 Å². The van der Waals surface area contributed by atoms with Gasteiger partial charge < -0.3 is 20.6 Å². The van der Waals surface area contributed by atoms with E-state index in [1.165, 1.54) is 13.8 Å². The van der Waals surface area contributed by atoms with Gasteiger partial charge in [-0.3, -0.25) is 19.7 Å². The molecule has 7 atom stereocenters. The lowest BCUT2D eigenvalue weighted by molar-refractivity contribution is -0.141. The van der Waals surface area contributed by atoms with Crippen LogP contribution >= 0.6 is 50.5 Å². The average molecular weight is 821 g/mol.